The fourth-order valence-corrected chi connectivity index (χ4v) is 7.63. The minimum atomic E-state index is -1.72. The Kier molecular flexibility index (Phi) is 37.8. The number of carbonyl (C=O) groups excluding carboxylic acids is 13. The summed E-state index contributed by atoms with van der Waals surface area (Å²) in [6.45, 7) is 1.03. The highest BCUT2D eigenvalue weighted by molar-refractivity contribution is 7.80. The van der Waals surface area contributed by atoms with Crippen molar-refractivity contribution in [3.63, 3.8) is 0 Å². The molecule has 0 aliphatic heterocycles. The van der Waals surface area contributed by atoms with Crippen LogP contribution in [0.1, 0.15) is 52.9 Å². The number of carboxylic acid groups (broad SMARTS) is 1. The molecule has 0 unspecified atom stereocenters. The zero-order chi connectivity index (χ0) is 65.1. The summed E-state index contributed by atoms with van der Waals surface area (Å²) in [5.74, 6) is -15.9. The van der Waals surface area contributed by atoms with E-state index in [0.29, 0.717) is 0 Å². The van der Waals surface area contributed by atoms with Gasteiger partial charge in [0.25, 0.3) is 0 Å². The lowest BCUT2D eigenvalue weighted by molar-refractivity contribution is -0.142. The minimum absolute atomic E-state index is 0.00438. The number of aliphatic hydroxyl groups excluding tert-OH is 1. The van der Waals surface area contributed by atoms with Crippen LogP contribution in [0.2, 0.25) is 0 Å². The first kappa shape index (κ1) is 77.4. The molecule has 0 aliphatic carbocycles. The van der Waals surface area contributed by atoms with Crippen molar-refractivity contribution in [2.75, 3.05) is 62.3 Å². The van der Waals surface area contributed by atoms with Crippen LogP contribution < -0.4 is 98.2 Å². The lowest BCUT2D eigenvalue weighted by Crippen LogP contribution is -2.60. The molecule has 0 saturated heterocycles. The highest BCUT2D eigenvalue weighted by Gasteiger charge is 2.34. The molecule has 0 fully saturated rings. The molecule has 10 atom stereocenters. The summed E-state index contributed by atoms with van der Waals surface area (Å²) < 4.78 is 0. The van der Waals surface area contributed by atoms with Gasteiger partial charge in [0.15, 0.2) is 11.9 Å². The molecule has 36 nitrogen and oxygen atoms in total. The van der Waals surface area contributed by atoms with Crippen molar-refractivity contribution >= 4 is 145 Å². The molecule has 0 aliphatic rings. The number of carbonyl (C=O) groups is 14. The van der Waals surface area contributed by atoms with Gasteiger partial charge in [-0.05, 0) is 38.5 Å². The van der Waals surface area contributed by atoms with E-state index in [2.05, 4.69) is 124 Å². The van der Waals surface area contributed by atoms with Gasteiger partial charge in [-0.3, -0.25) is 72.3 Å². The summed E-state index contributed by atoms with van der Waals surface area (Å²) in [6.07, 6.45) is -0.544. The Morgan fingerprint density at radius 3 is 1.24 bits per heavy atom. The van der Waals surface area contributed by atoms with Crippen LogP contribution in [0.3, 0.4) is 0 Å². The first-order valence-electron chi connectivity index (χ1n) is 25.8. The van der Waals surface area contributed by atoms with E-state index in [-0.39, 0.29) is 73.7 Å². The number of aliphatic imine (C=N–C) groups is 2. The quantitative estimate of drug-likeness (QED) is 0.0117. The molecule has 85 heavy (non-hydrogen) atoms. The summed E-state index contributed by atoms with van der Waals surface area (Å²) >= 11 is 16.2. The summed E-state index contributed by atoms with van der Waals surface area (Å²) in [5.41, 5.74) is 32.1. The summed E-state index contributed by atoms with van der Waals surface area (Å²) in [6, 6.07) is -14.1. The maximum absolute atomic E-state index is 13.6. The number of aliphatic hydroxyl groups is 1. The zero-order valence-corrected chi connectivity index (χ0v) is 50.3. The van der Waals surface area contributed by atoms with Crippen molar-refractivity contribution < 1.29 is 77.3 Å². The first-order valence-corrected chi connectivity index (χ1v) is 28.3. The Hall–Kier alpha value is -7.56. The number of nitrogens with zero attached hydrogens (tertiary/aromatic N) is 2. The summed E-state index contributed by atoms with van der Waals surface area (Å²) in [5, 5.41) is 47.1. The van der Waals surface area contributed by atoms with E-state index in [1.54, 1.807) is 0 Å². The van der Waals surface area contributed by atoms with Crippen LogP contribution in [0.15, 0.2) is 9.98 Å². The molecule has 0 heterocycles. The molecule has 26 N–H and O–H groups in total. The Balaban J connectivity index is 5.62. The maximum Gasteiger partial charge on any atom is 0.326 e. The molecule has 0 rings (SSSR count). The number of aliphatic carboxylic acids is 1. The van der Waals surface area contributed by atoms with E-state index >= 15 is 0 Å². The number of hydrogen-bond donors (Lipinski definition) is 24. The number of nitrogens with one attached hydrogen (secondary N) is 12. The van der Waals surface area contributed by atoms with Crippen LogP contribution in [0.5, 0.6) is 0 Å². The molecule has 0 spiro atoms. The average Bonchev–Trinajstić information content (AvgIpc) is 3.49. The summed E-state index contributed by atoms with van der Waals surface area (Å²) in [7, 11) is 0. The van der Waals surface area contributed by atoms with Crippen molar-refractivity contribution in [3.8, 4) is 0 Å². The fourth-order valence-electron chi connectivity index (χ4n) is 6.69. The number of hydrogen-bond acceptors (Lipinski definition) is 22. The van der Waals surface area contributed by atoms with Crippen LogP contribution in [0.25, 0.3) is 0 Å². The standard InChI is InChI=1S/C45H80N20O16S4/c1-19(2)33(65-41(78)28(18-85)64-38(75)22(6-4-8-52-44(48)49)58-30(68)12-55-36(73)24(10-29(47)67)62-35(72)21(46)15-82)42(79)63-25(14-66)37(74)56-13-32(70)59-26(16-83)39(76)57-20(3)34(71)54-11-31(69)60-27(17-84)40(77)61-23(43(80)81)7-5-9-53-45(50)51/h19-28,33,66,82-85H,4-18,46H2,1-3H3,(H2,47,67)(H,54,71)(H,55,73)(H,56,74)(H,57,76)(H,58,68)(H,59,70)(H,60,69)(H,61,77)(H,62,72)(H,63,79)(H,64,75)(H,65,78)(H,80,81)(H4,48,49,52)(H4,50,51,53)/t20-,21-,22-,23-,24-,25-,26-,27-,28-,33-/m0/s1. The SMILES string of the molecule is CC(C)[C@H](NC(=O)[C@H](CS)NC(=O)[C@H](CCCN=C(N)N)NC(=O)CNC(=O)[C@H](CC(N)=O)NC(=O)[C@@H](N)CS)C(=O)N[C@@H](CO)C(=O)NCC(=O)N[C@@H](CS)C(=O)N[C@@H](C)C(=O)NCC(=O)N[C@@H](CS)C(=O)N[C@@H](CCCN=C(N)N)C(=O)O. The van der Waals surface area contributed by atoms with E-state index in [1.807, 2.05) is 0 Å². The molecule has 0 radical (unpaired) electrons. The second-order valence-corrected chi connectivity index (χ2v) is 20.1. The van der Waals surface area contributed by atoms with Gasteiger partial charge in [0.2, 0.25) is 76.8 Å². The number of amides is 13. The van der Waals surface area contributed by atoms with E-state index < -0.39 is 182 Å². The van der Waals surface area contributed by atoms with Gasteiger partial charge in [0.1, 0.15) is 54.4 Å². The van der Waals surface area contributed by atoms with Gasteiger partial charge in [-0.15, -0.1) is 0 Å². The van der Waals surface area contributed by atoms with Crippen molar-refractivity contribution in [1.82, 2.24) is 63.8 Å². The third kappa shape index (κ3) is 31.8. The third-order valence-electron chi connectivity index (χ3n) is 11.3. The lowest BCUT2D eigenvalue weighted by atomic mass is 10.0. The van der Waals surface area contributed by atoms with Crippen LogP contribution in [-0.2, 0) is 67.1 Å². The molecular weight excluding hydrogens is 1200 g/mol. The Morgan fingerprint density at radius 1 is 0.435 bits per heavy atom. The predicted octanol–water partition coefficient (Wildman–Crippen LogP) is -11.5. The van der Waals surface area contributed by atoms with Crippen LogP contribution in [0, 0.1) is 5.92 Å². The largest absolute Gasteiger partial charge is 0.480 e. The van der Waals surface area contributed by atoms with E-state index in [1.165, 1.54) is 20.8 Å². The molecule has 0 aromatic rings. The van der Waals surface area contributed by atoms with Gasteiger partial charge in [-0.2, -0.15) is 50.5 Å². The summed E-state index contributed by atoms with van der Waals surface area (Å²) in [4.78, 5) is 187. The van der Waals surface area contributed by atoms with Crippen molar-refractivity contribution in [3.05, 3.63) is 0 Å². The maximum atomic E-state index is 13.6. The first-order chi connectivity index (χ1) is 39.8. The Morgan fingerprint density at radius 2 is 0.812 bits per heavy atom. The smallest absolute Gasteiger partial charge is 0.326 e. The van der Waals surface area contributed by atoms with Crippen LogP contribution in [-0.4, -0.2) is 228 Å². The predicted molar refractivity (Wildman–Crippen MR) is 319 cm³/mol. The van der Waals surface area contributed by atoms with Crippen LogP contribution in [0.4, 0.5) is 0 Å². The van der Waals surface area contributed by atoms with Gasteiger partial charge in [0, 0.05) is 36.1 Å². The second kappa shape index (κ2) is 41.5. The Bertz CT molecular complexity index is 2400. The Labute approximate surface area is 510 Å². The van der Waals surface area contributed by atoms with E-state index in [0.717, 1.165) is 0 Å². The topological polar surface area (TPSA) is 605 Å². The highest BCUT2D eigenvalue weighted by Crippen LogP contribution is 2.07. The van der Waals surface area contributed by atoms with E-state index in [4.69, 9.17) is 34.4 Å². The molecule has 480 valence electrons. The van der Waals surface area contributed by atoms with Gasteiger partial charge in [0.05, 0.1) is 38.7 Å². The van der Waals surface area contributed by atoms with Gasteiger partial charge in [-0.1, -0.05) is 13.8 Å². The minimum Gasteiger partial charge on any atom is -0.480 e. The fraction of sp³-hybridized carbons (Fsp3) is 0.644. The van der Waals surface area contributed by atoms with Gasteiger partial charge >= 0.3 is 5.97 Å². The molecule has 0 aromatic carbocycles. The monoisotopic (exact) mass is 1280 g/mol. The number of guanidine groups is 2. The number of primary amides is 1. The van der Waals surface area contributed by atoms with Crippen LogP contribution >= 0.6 is 50.5 Å². The third-order valence-corrected chi connectivity index (χ3v) is 12.8. The second-order valence-electron chi connectivity index (χ2n) is 18.6. The number of thiol groups is 4. The molecule has 13 amide bonds. The van der Waals surface area contributed by atoms with E-state index in [9.17, 15) is 77.3 Å². The number of nitrogens with two attached hydrogens (primary N) is 6. The van der Waals surface area contributed by atoms with Gasteiger partial charge in [-0.25, -0.2) is 4.79 Å². The molecular formula is C45H80N20O16S4. The van der Waals surface area contributed by atoms with Crippen molar-refractivity contribution in [1.29, 1.82) is 0 Å². The van der Waals surface area contributed by atoms with Crippen molar-refractivity contribution in [2.45, 2.75) is 113 Å². The molecule has 0 bridgehead atoms. The molecule has 0 saturated carbocycles. The lowest BCUT2D eigenvalue weighted by Gasteiger charge is -2.27. The number of carboxylic acids is 1. The normalized spacial score (nSPS) is 14.3. The van der Waals surface area contributed by atoms with Gasteiger partial charge < -0.3 is 108 Å². The number of rotatable bonds is 41. The molecule has 40 heteroatoms. The highest BCUT2D eigenvalue weighted by atomic mass is 32.1. The average molecular weight is 1290 g/mol. The molecule has 0 aromatic heterocycles. The van der Waals surface area contributed by atoms with Crippen molar-refractivity contribution in [2.24, 2.45) is 50.3 Å². The zero-order valence-electron chi connectivity index (χ0n) is 46.7.